The molecule has 1 aliphatic heterocycles. The van der Waals surface area contributed by atoms with Gasteiger partial charge in [-0.2, -0.15) is 0 Å². The summed E-state index contributed by atoms with van der Waals surface area (Å²) in [5.41, 5.74) is -0.153. The van der Waals surface area contributed by atoms with Crippen molar-refractivity contribution in [2.24, 2.45) is 5.92 Å². The summed E-state index contributed by atoms with van der Waals surface area (Å²) >= 11 is 0. The fraction of sp³-hybridized carbons (Fsp3) is 1.00. The monoisotopic (exact) mass is 143 g/mol. The standard InChI is InChI=1S/C8H14FN/c1-8(6-2-3-6)7(9)4-5-10-8/h6-7,10H,2-5H2,1H3. The molecule has 2 unspecified atom stereocenters. The summed E-state index contributed by atoms with van der Waals surface area (Å²) in [4.78, 5) is 0. The molecule has 2 heteroatoms. The van der Waals surface area contributed by atoms with Crippen LogP contribution in [0.5, 0.6) is 0 Å². The van der Waals surface area contributed by atoms with Crippen LogP contribution in [0, 0.1) is 5.92 Å². The Balaban J connectivity index is 2.10. The van der Waals surface area contributed by atoms with Crippen molar-refractivity contribution in [2.75, 3.05) is 6.54 Å². The van der Waals surface area contributed by atoms with E-state index in [1.165, 1.54) is 12.8 Å². The largest absolute Gasteiger partial charge is 0.309 e. The Bertz CT molecular complexity index is 144. The van der Waals surface area contributed by atoms with Gasteiger partial charge in [-0.25, -0.2) is 4.39 Å². The Morgan fingerprint density at radius 2 is 2.10 bits per heavy atom. The van der Waals surface area contributed by atoms with Crippen LogP contribution in [0.2, 0.25) is 0 Å². The Kier molecular flexibility index (Phi) is 1.28. The van der Waals surface area contributed by atoms with Crippen LogP contribution >= 0.6 is 0 Å². The molecule has 2 atom stereocenters. The van der Waals surface area contributed by atoms with Gasteiger partial charge in [0.25, 0.3) is 0 Å². The van der Waals surface area contributed by atoms with Crippen molar-refractivity contribution < 1.29 is 4.39 Å². The predicted octanol–water partition coefficient (Wildman–Crippen LogP) is 1.49. The molecular formula is C8H14FN. The van der Waals surface area contributed by atoms with E-state index in [9.17, 15) is 4.39 Å². The van der Waals surface area contributed by atoms with Gasteiger partial charge in [0.05, 0.1) is 0 Å². The van der Waals surface area contributed by atoms with Crippen LogP contribution in [0.25, 0.3) is 0 Å². The third-order valence-corrected chi connectivity index (χ3v) is 2.98. The number of nitrogens with one attached hydrogen (secondary N) is 1. The molecule has 10 heavy (non-hydrogen) atoms. The summed E-state index contributed by atoms with van der Waals surface area (Å²) in [7, 11) is 0. The summed E-state index contributed by atoms with van der Waals surface area (Å²) in [6.45, 7) is 2.90. The lowest BCUT2D eigenvalue weighted by Gasteiger charge is -2.26. The number of alkyl halides is 1. The topological polar surface area (TPSA) is 12.0 Å². The lowest BCUT2D eigenvalue weighted by molar-refractivity contribution is 0.193. The van der Waals surface area contributed by atoms with E-state index in [4.69, 9.17) is 0 Å². The Morgan fingerprint density at radius 1 is 1.40 bits per heavy atom. The molecule has 1 N–H and O–H groups in total. The molecule has 2 fully saturated rings. The second kappa shape index (κ2) is 1.94. The smallest absolute Gasteiger partial charge is 0.119 e. The number of rotatable bonds is 1. The van der Waals surface area contributed by atoms with Crippen LogP contribution in [0.1, 0.15) is 26.2 Å². The highest BCUT2D eigenvalue weighted by molar-refractivity contribution is 5.06. The molecule has 0 radical (unpaired) electrons. The van der Waals surface area contributed by atoms with Gasteiger partial charge in [-0.05, 0) is 38.6 Å². The Hall–Kier alpha value is -0.110. The summed E-state index contributed by atoms with van der Waals surface area (Å²) in [6.07, 6.45) is 2.57. The first-order valence-corrected chi connectivity index (χ1v) is 4.12. The minimum atomic E-state index is -0.597. The fourth-order valence-corrected chi connectivity index (χ4v) is 1.96. The molecule has 2 aliphatic rings. The van der Waals surface area contributed by atoms with E-state index in [0.717, 1.165) is 6.54 Å². The van der Waals surface area contributed by atoms with Gasteiger partial charge in [0.2, 0.25) is 0 Å². The SMILES string of the molecule is CC1(C2CC2)NCCC1F. The molecule has 0 aromatic carbocycles. The van der Waals surface area contributed by atoms with Gasteiger partial charge in [0, 0.05) is 5.54 Å². The van der Waals surface area contributed by atoms with E-state index >= 15 is 0 Å². The molecule has 1 saturated carbocycles. The molecule has 1 aliphatic carbocycles. The molecule has 0 spiro atoms. The van der Waals surface area contributed by atoms with Gasteiger partial charge >= 0.3 is 0 Å². The zero-order valence-corrected chi connectivity index (χ0v) is 6.36. The van der Waals surface area contributed by atoms with Gasteiger partial charge < -0.3 is 5.32 Å². The van der Waals surface area contributed by atoms with E-state index < -0.39 is 6.17 Å². The molecule has 1 saturated heterocycles. The first kappa shape index (κ1) is 6.59. The van der Waals surface area contributed by atoms with Crippen molar-refractivity contribution >= 4 is 0 Å². The highest BCUT2D eigenvalue weighted by Gasteiger charge is 2.49. The number of hydrogen-bond donors (Lipinski definition) is 1. The van der Waals surface area contributed by atoms with Crippen molar-refractivity contribution in [3.63, 3.8) is 0 Å². The minimum absolute atomic E-state index is 0.153. The molecule has 0 bridgehead atoms. The maximum absolute atomic E-state index is 13.2. The highest BCUT2D eigenvalue weighted by Crippen LogP contribution is 2.44. The van der Waals surface area contributed by atoms with Gasteiger partial charge in [-0.15, -0.1) is 0 Å². The van der Waals surface area contributed by atoms with Crippen LogP contribution in [0.4, 0.5) is 4.39 Å². The molecule has 0 aromatic heterocycles. The fourth-order valence-electron chi connectivity index (χ4n) is 1.96. The average Bonchev–Trinajstić information content (AvgIpc) is 2.65. The van der Waals surface area contributed by atoms with Crippen LogP contribution in [-0.4, -0.2) is 18.3 Å². The summed E-state index contributed by atoms with van der Waals surface area (Å²) in [5.74, 6) is 0.630. The molecule has 0 amide bonds. The van der Waals surface area contributed by atoms with E-state index in [-0.39, 0.29) is 5.54 Å². The van der Waals surface area contributed by atoms with E-state index in [1.807, 2.05) is 6.92 Å². The second-order valence-corrected chi connectivity index (χ2v) is 3.74. The number of halogens is 1. The minimum Gasteiger partial charge on any atom is -0.309 e. The molecule has 2 rings (SSSR count). The molecule has 1 nitrogen and oxygen atoms in total. The van der Waals surface area contributed by atoms with Crippen molar-refractivity contribution in [2.45, 2.75) is 37.9 Å². The maximum Gasteiger partial charge on any atom is 0.119 e. The van der Waals surface area contributed by atoms with E-state index in [1.54, 1.807) is 0 Å². The second-order valence-electron chi connectivity index (χ2n) is 3.74. The lowest BCUT2D eigenvalue weighted by atomic mass is 9.92. The van der Waals surface area contributed by atoms with Gasteiger partial charge in [0.15, 0.2) is 0 Å². The van der Waals surface area contributed by atoms with Crippen molar-refractivity contribution in [1.29, 1.82) is 0 Å². The maximum atomic E-state index is 13.2. The first-order valence-electron chi connectivity index (χ1n) is 4.12. The third kappa shape index (κ3) is 0.782. The third-order valence-electron chi connectivity index (χ3n) is 2.98. The molecular weight excluding hydrogens is 129 g/mol. The molecule has 0 aromatic rings. The van der Waals surface area contributed by atoms with Gasteiger partial charge in [-0.3, -0.25) is 0 Å². The normalized spacial score (nSPS) is 48.0. The van der Waals surface area contributed by atoms with Crippen LogP contribution < -0.4 is 5.32 Å². The highest BCUT2D eigenvalue weighted by atomic mass is 19.1. The van der Waals surface area contributed by atoms with Crippen molar-refractivity contribution in [1.82, 2.24) is 5.32 Å². The van der Waals surface area contributed by atoms with Crippen LogP contribution in [0.3, 0.4) is 0 Å². The first-order chi connectivity index (χ1) is 4.73. The summed E-state index contributed by atoms with van der Waals surface area (Å²) in [6, 6.07) is 0. The van der Waals surface area contributed by atoms with Crippen molar-refractivity contribution in [3.8, 4) is 0 Å². The Labute approximate surface area is 61.0 Å². The zero-order valence-electron chi connectivity index (χ0n) is 6.36. The van der Waals surface area contributed by atoms with Gasteiger partial charge in [-0.1, -0.05) is 0 Å². The zero-order chi connectivity index (χ0) is 7.19. The summed E-state index contributed by atoms with van der Waals surface area (Å²) < 4.78 is 13.2. The summed E-state index contributed by atoms with van der Waals surface area (Å²) in [5, 5.41) is 3.27. The van der Waals surface area contributed by atoms with Crippen molar-refractivity contribution in [3.05, 3.63) is 0 Å². The van der Waals surface area contributed by atoms with Crippen LogP contribution in [-0.2, 0) is 0 Å². The van der Waals surface area contributed by atoms with E-state index in [2.05, 4.69) is 5.32 Å². The molecule has 1 heterocycles. The molecule has 58 valence electrons. The quantitative estimate of drug-likeness (QED) is 0.586. The average molecular weight is 143 g/mol. The van der Waals surface area contributed by atoms with Crippen LogP contribution in [0.15, 0.2) is 0 Å². The Morgan fingerprint density at radius 3 is 2.50 bits per heavy atom. The predicted molar refractivity (Wildman–Crippen MR) is 38.6 cm³/mol. The van der Waals surface area contributed by atoms with Gasteiger partial charge in [0.1, 0.15) is 6.17 Å². The lowest BCUT2D eigenvalue weighted by Crippen LogP contribution is -2.45. The van der Waals surface area contributed by atoms with E-state index in [0.29, 0.717) is 12.3 Å². The number of hydrogen-bond acceptors (Lipinski definition) is 1.